The van der Waals surface area contributed by atoms with Crippen LogP contribution in [0.2, 0.25) is 0 Å². The minimum absolute atomic E-state index is 0.294. The van der Waals surface area contributed by atoms with Crippen molar-refractivity contribution < 1.29 is 13.5 Å². The third kappa shape index (κ3) is 3.49. The number of anilines is 1. The van der Waals surface area contributed by atoms with Crippen LogP contribution in [0, 0.1) is 23.0 Å². The molecule has 0 spiro atoms. The molecule has 1 saturated heterocycles. The van der Waals surface area contributed by atoms with E-state index in [0.717, 1.165) is 35.0 Å². The van der Waals surface area contributed by atoms with E-state index in [9.17, 15) is 14.0 Å². The third-order valence-electron chi connectivity index (χ3n) is 6.66. The number of hydrogen-bond donors (Lipinski definition) is 0. The molecule has 1 atom stereocenters. The predicted octanol–water partition coefficient (Wildman–Crippen LogP) is 4.91. The van der Waals surface area contributed by atoms with Gasteiger partial charge < -0.3 is 9.64 Å². The number of benzene rings is 2. The molecule has 2 aromatic heterocycles. The lowest BCUT2D eigenvalue weighted by atomic mass is 10.0. The zero-order valence-electron chi connectivity index (χ0n) is 18.9. The summed E-state index contributed by atoms with van der Waals surface area (Å²) in [6.07, 6.45) is 5.65. The molecule has 0 N–H and O–H groups in total. The minimum Gasteiger partial charge on any atom is -0.495 e. The van der Waals surface area contributed by atoms with Gasteiger partial charge in [-0.15, -0.1) is 0 Å². The number of fused-ring (bicyclic) bond motifs is 2. The van der Waals surface area contributed by atoms with Crippen molar-refractivity contribution in [2.75, 3.05) is 18.6 Å². The van der Waals surface area contributed by atoms with Gasteiger partial charge in [-0.25, -0.2) is 18.3 Å². The summed E-state index contributed by atoms with van der Waals surface area (Å²) >= 11 is 0. The van der Waals surface area contributed by atoms with E-state index in [-0.39, 0.29) is 6.04 Å². The van der Waals surface area contributed by atoms with Crippen LogP contribution in [0.1, 0.15) is 41.1 Å². The van der Waals surface area contributed by atoms with Crippen molar-refractivity contribution >= 4 is 22.9 Å². The molecule has 9 heteroatoms. The molecule has 0 unspecified atom stereocenters. The average Bonchev–Trinajstić information content (AvgIpc) is 3.61. The molecule has 0 radical (unpaired) electrons. The van der Waals surface area contributed by atoms with Gasteiger partial charge in [-0.1, -0.05) is 0 Å². The summed E-state index contributed by atoms with van der Waals surface area (Å²) in [6.45, 7) is 0.691. The Labute approximate surface area is 199 Å². The summed E-state index contributed by atoms with van der Waals surface area (Å²) in [5.41, 5.74) is 4.72. The first kappa shape index (κ1) is 21.2. The van der Waals surface area contributed by atoms with Gasteiger partial charge in [0.1, 0.15) is 29.3 Å². The number of nitriles is 1. The third-order valence-corrected chi connectivity index (χ3v) is 6.66. The maximum Gasteiger partial charge on any atom is 0.166 e. The molecule has 7 nitrogen and oxygen atoms in total. The summed E-state index contributed by atoms with van der Waals surface area (Å²) in [7, 11) is 1.53. The van der Waals surface area contributed by atoms with Crippen LogP contribution < -0.4 is 9.64 Å². The van der Waals surface area contributed by atoms with Crippen LogP contribution in [0.4, 0.5) is 20.3 Å². The van der Waals surface area contributed by atoms with E-state index in [4.69, 9.17) is 14.7 Å². The lowest BCUT2D eigenvalue weighted by Crippen LogP contribution is -2.24. The van der Waals surface area contributed by atoms with Crippen LogP contribution in [0.5, 0.6) is 5.75 Å². The Morgan fingerprint density at radius 1 is 1.17 bits per heavy atom. The molecule has 4 heterocycles. The van der Waals surface area contributed by atoms with Crippen molar-refractivity contribution in [3.05, 3.63) is 82.7 Å². The summed E-state index contributed by atoms with van der Waals surface area (Å²) in [5.74, 6) is 0.292. The number of halogens is 2. The predicted molar refractivity (Wildman–Crippen MR) is 126 cm³/mol. The second-order valence-corrected chi connectivity index (χ2v) is 8.66. The zero-order valence-corrected chi connectivity index (χ0v) is 18.9. The van der Waals surface area contributed by atoms with Gasteiger partial charge in [0.05, 0.1) is 41.9 Å². The molecule has 174 valence electrons. The van der Waals surface area contributed by atoms with Gasteiger partial charge in [0.25, 0.3) is 0 Å². The van der Waals surface area contributed by atoms with Gasteiger partial charge in [0.15, 0.2) is 5.65 Å². The molecule has 2 aromatic carbocycles. The zero-order chi connectivity index (χ0) is 24.1. The van der Waals surface area contributed by atoms with Gasteiger partial charge in [-0.05, 0) is 48.7 Å². The lowest BCUT2D eigenvalue weighted by molar-refractivity contribution is 0.413. The molecular weight excluding hydrogens is 450 g/mol. The van der Waals surface area contributed by atoms with E-state index >= 15 is 0 Å². The molecule has 2 aliphatic rings. The Hall–Kier alpha value is -4.32. The first-order valence-electron chi connectivity index (χ1n) is 11.3. The van der Waals surface area contributed by atoms with Crippen molar-refractivity contribution in [3.8, 4) is 11.8 Å². The van der Waals surface area contributed by atoms with Crippen LogP contribution in [-0.2, 0) is 6.42 Å². The van der Waals surface area contributed by atoms with Gasteiger partial charge in [0, 0.05) is 30.8 Å². The Balaban J connectivity index is 1.37. The van der Waals surface area contributed by atoms with E-state index in [2.05, 4.69) is 11.2 Å². The smallest absolute Gasteiger partial charge is 0.166 e. The fourth-order valence-corrected chi connectivity index (χ4v) is 4.99. The van der Waals surface area contributed by atoms with Crippen LogP contribution in [-0.4, -0.2) is 34.0 Å². The van der Waals surface area contributed by atoms with Crippen LogP contribution >= 0.6 is 0 Å². The monoisotopic (exact) mass is 470 g/mol. The van der Waals surface area contributed by atoms with Gasteiger partial charge >= 0.3 is 0 Å². The largest absolute Gasteiger partial charge is 0.495 e. The van der Waals surface area contributed by atoms with Crippen molar-refractivity contribution in [2.45, 2.75) is 25.3 Å². The van der Waals surface area contributed by atoms with Crippen LogP contribution in [0.25, 0.3) is 5.65 Å². The van der Waals surface area contributed by atoms with E-state index in [0.29, 0.717) is 47.7 Å². The SMILES string of the molecule is COc1cc2c(cc1C#N)CC(c1cnn3ccc(N4CCC[C@@H]4c4cc(F)ccc4F)nc13)=N2. The average molecular weight is 470 g/mol. The van der Waals surface area contributed by atoms with Crippen molar-refractivity contribution in [1.29, 1.82) is 5.26 Å². The maximum atomic E-state index is 14.5. The first-order valence-corrected chi connectivity index (χ1v) is 11.3. The summed E-state index contributed by atoms with van der Waals surface area (Å²) in [5, 5.41) is 13.8. The fourth-order valence-electron chi connectivity index (χ4n) is 4.99. The normalized spacial score (nSPS) is 16.9. The quantitative estimate of drug-likeness (QED) is 0.424. The maximum absolute atomic E-state index is 14.5. The molecule has 35 heavy (non-hydrogen) atoms. The number of nitrogens with zero attached hydrogens (tertiary/aromatic N) is 6. The second kappa shape index (κ2) is 8.17. The van der Waals surface area contributed by atoms with Crippen molar-refractivity contribution in [2.24, 2.45) is 4.99 Å². The highest BCUT2D eigenvalue weighted by molar-refractivity contribution is 6.10. The molecular formula is C26H20F2N6O. The number of aliphatic imine (C=N–C) groups is 1. The molecule has 1 fully saturated rings. The number of rotatable bonds is 4. The Kier molecular flexibility index (Phi) is 4.95. The number of methoxy groups -OCH3 is 1. The Bertz CT molecular complexity index is 1550. The van der Waals surface area contributed by atoms with Gasteiger partial charge in [-0.2, -0.15) is 10.4 Å². The fraction of sp³-hybridized carbons (Fsp3) is 0.231. The number of hydrogen-bond acceptors (Lipinski definition) is 6. The van der Waals surface area contributed by atoms with Crippen molar-refractivity contribution in [1.82, 2.24) is 14.6 Å². The summed E-state index contributed by atoms with van der Waals surface area (Å²) in [4.78, 5) is 11.7. The number of ether oxygens (including phenoxy) is 1. The molecule has 6 rings (SSSR count). The second-order valence-electron chi connectivity index (χ2n) is 8.66. The standard InChI is InChI=1S/C26H20F2N6O/c1-35-24-12-21-15(9-16(24)13-29)10-22(31-21)19-14-30-34-8-6-25(32-26(19)34)33-7-2-3-23(33)18-11-17(27)4-5-20(18)28/h4-6,8-9,11-12,14,23H,2-3,7,10H2,1H3/t23-/m1/s1. The molecule has 0 amide bonds. The molecule has 0 aliphatic carbocycles. The van der Waals surface area contributed by atoms with Gasteiger partial charge in [-0.3, -0.25) is 4.99 Å². The minimum atomic E-state index is -0.454. The summed E-state index contributed by atoms with van der Waals surface area (Å²) in [6, 6.07) is 10.9. The molecule has 0 saturated carbocycles. The van der Waals surface area contributed by atoms with E-state index in [1.807, 2.05) is 17.2 Å². The molecule has 4 aromatic rings. The Morgan fingerprint density at radius 2 is 2.06 bits per heavy atom. The van der Waals surface area contributed by atoms with E-state index in [1.54, 1.807) is 22.8 Å². The summed E-state index contributed by atoms with van der Waals surface area (Å²) < 4.78 is 35.4. The van der Waals surface area contributed by atoms with Crippen molar-refractivity contribution in [3.63, 3.8) is 0 Å². The lowest BCUT2D eigenvalue weighted by Gasteiger charge is -2.26. The highest BCUT2D eigenvalue weighted by Gasteiger charge is 2.30. The highest BCUT2D eigenvalue weighted by atomic mass is 19.1. The van der Waals surface area contributed by atoms with Crippen LogP contribution in [0.15, 0.2) is 53.8 Å². The number of aromatic nitrogens is 3. The molecule has 2 aliphatic heterocycles. The van der Waals surface area contributed by atoms with Gasteiger partial charge in [0.2, 0.25) is 0 Å². The molecule has 0 bridgehead atoms. The van der Waals surface area contributed by atoms with E-state index in [1.165, 1.54) is 19.2 Å². The van der Waals surface area contributed by atoms with Crippen LogP contribution in [0.3, 0.4) is 0 Å². The van der Waals surface area contributed by atoms with E-state index < -0.39 is 11.6 Å². The highest BCUT2D eigenvalue weighted by Crippen LogP contribution is 2.38. The topological polar surface area (TPSA) is 78.8 Å². The first-order chi connectivity index (χ1) is 17.1. The Morgan fingerprint density at radius 3 is 2.89 bits per heavy atom.